The van der Waals surface area contributed by atoms with Crippen molar-refractivity contribution in [2.24, 2.45) is 23.2 Å². The number of fused-ring (bicyclic) bond motifs is 6. The lowest BCUT2D eigenvalue weighted by molar-refractivity contribution is -0.155. The molecule has 4 atom stereocenters. The lowest BCUT2D eigenvalue weighted by Crippen LogP contribution is -2.62. The van der Waals surface area contributed by atoms with Crippen LogP contribution in [0.15, 0.2) is 66.2 Å². The summed E-state index contributed by atoms with van der Waals surface area (Å²) in [6, 6.07) is 12.5. The number of aryl methyl sites for hydroxylation is 1. The number of esters is 1. The van der Waals surface area contributed by atoms with E-state index < -0.39 is 51.2 Å². The van der Waals surface area contributed by atoms with Crippen LogP contribution in [0.3, 0.4) is 0 Å². The highest BCUT2D eigenvalue weighted by atomic mass is 32.2. The fourth-order valence-corrected chi connectivity index (χ4v) is 10.5. The Labute approximate surface area is 394 Å². The van der Waals surface area contributed by atoms with Crippen LogP contribution in [-0.4, -0.2) is 108 Å². The topological polar surface area (TPSA) is 189 Å². The van der Waals surface area contributed by atoms with Gasteiger partial charge in [-0.05, 0) is 116 Å². The lowest BCUT2D eigenvalue weighted by Gasteiger charge is -2.39. The molecule has 3 aliphatic rings. The largest absolute Gasteiger partial charge is 0.508 e. The van der Waals surface area contributed by atoms with Gasteiger partial charge in [0.25, 0.3) is 5.91 Å². The van der Waals surface area contributed by atoms with Crippen LogP contribution < -0.4 is 10.7 Å². The highest BCUT2D eigenvalue weighted by Gasteiger charge is 2.41. The number of hydrogen-bond donors (Lipinski definition) is 3. The first kappa shape index (κ1) is 49.3. The molecule has 1 saturated carbocycles. The summed E-state index contributed by atoms with van der Waals surface area (Å²) in [7, 11) is -0.0484. The zero-order chi connectivity index (χ0) is 48.5. The molecule has 2 aliphatic heterocycles. The molecule has 6 bridgehead atoms. The molecular formula is C51H66N6O9S. The van der Waals surface area contributed by atoms with Crippen LogP contribution in [0.5, 0.6) is 5.75 Å². The van der Waals surface area contributed by atoms with Crippen molar-refractivity contribution in [2.75, 3.05) is 33.6 Å². The van der Waals surface area contributed by atoms with Crippen LogP contribution in [0.25, 0.3) is 33.3 Å². The van der Waals surface area contributed by atoms with Crippen molar-refractivity contribution in [1.29, 1.82) is 0 Å². The molecule has 4 aromatic rings. The second-order valence-electron chi connectivity index (χ2n) is 19.8. The summed E-state index contributed by atoms with van der Waals surface area (Å²) < 4.78 is 37.5. The van der Waals surface area contributed by atoms with Gasteiger partial charge in [0, 0.05) is 79.3 Å². The van der Waals surface area contributed by atoms with Crippen LogP contribution in [0, 0.1) is 23.2 Å². The number of likely N-dealkylation sites (N-methyl/N-ethyl adjacent to an activating group) is 1. The van der Waals surface area contributed by atoms with E-state index in [0.717, 1.165) is 50.6 Å². The van der Waals surface area contributed by atoms with Crippen molar-refractivity contribution >= 4 is 44.4 Å². The first-order valence-electron chi connectivity index (χ1n) is 23.3. The Morgan fingerprint density at radius 3 is 2.54 bits per heavy atom. The molecule has 0 spiro atoms. The highest BCUT2D eigenvalue weighted by molar-refractivity contribution is 7.93. The second kappa shape index (κ2) is 19.9. The minimum Gasteiger partial charge on any atom is -0.508 e. The smallest absolute Gasteiger partial charge is 0.324 e. The van der Waals surface area contributed by atoms with Crippen LogP contribution >= 0.6 is 0 Å². The van der Waals surface area contributed by atoms with Crippen LogP contribution in [0.1, 0.15) is 90.2 Å². The summed E-state index contributed by atoms with van der Waals surface area (Å²) in [6.07, 6.45) is 6.59. The number of carbonyl (C=O) groups excluding carboxylic acids is 4. The molecule has 2 aromatic carbocycles. The van der Waals surface area contributed by atoms with E-state index in [1.807, 2.05) is 39.0 Å². The molecule has 3 N–H and O–H groups in total. The number of phenols is 1. The zero-order valence-electron chi connectivity index (χ0n) is 40.2. The third-order valence-corrected chi connectivity index (χ3v) is 14.1. The number of methoxy groups -OCH3 is 1. The molecule has 360 valence electrons. The average Bonchev–Trinajstić information content (AvgIpc) is 3.57. The van der Waals surface area contributed by atoms with Gasteiger partial charge in [0.15, 0.2) is 9.84 Å². The monoisotopic (exact) mass is 938 g/mol. The number of hydrogen-bond acceptors (Lipinski definition) is 11. The van der Waals surface area contributed by atoms with E-state index in [4.69, 9.17) is 14.5 Å². The number of nitrogens with zero attached hydrogens (tertiary/aromatic N) is 4. The van der Waals surface area contributed by atoms with E-state index in [-0.39, 0.29) is 55.1 Å². The second-order valence-corrected chi connectivity index (χ2v) is 21.7. The van der Waals surface area contributed by atoms with Gasteiger partial charge in [0.2, 0.25) is 11.8 Å². The number of sulfone groups is 1. The number of phenolic OH excluding ortho intramolecular Hbond substituents is 1. The van der Waals surface area contributed by atoms with Gasteiger partial charge in [0.1, 0.15) is 23.9 Å². The molecular weight excluding hydrogens is 873 g/mol. The Bertz CT molecular complexity index is 2670. The van der Waals surface area contributed by atoms with Crippen LogP contribution in [0.4, 0.5) is 0 Å². The fourth-order valence-electron chi connectivity index (χ4n) is 9.95. The number of aromatic nitrogens is 2. The number of cyclic esters (lactones) is 1. The highest BCUT2D eigenvalue weighted by Crippen LogP contribution is 2.42. The third kappa shape index (κ3) is 10.9. The molecule has 2 aromatic heterocycles. The minimum absolute atomic E-state index is 0.0156. The molecule has 4 heterocycles. The normalized spacial score (nSPS) is 22.2. The van der Waals surface area contributed by atoms with Crippen molar-refractivity contribution in [3.63, 3.8) is 0 Å². The molecule has 67 heavy (non-hydrogen) atoms. The van der Waals surface area contributed by atoms with E-state index in [2.05, 4.69) is 54.3 Å². The summed E-state index contributed by atoms with van der Waals surface area (Å²) in [4.78, 5) is 63.1. The van der Waals surface area contributed by atoms with E-state index >= 15 is 0 Å². The Morgan fingerprint density at radius 2 is 1.85 bits per heavy atom. The van der Waals surface area contributed by atoms with Gasteiger partial charge in [-0.1, -0.05) is 45.9 Å². The molecule has 3 amide bonds. The minimum atomic E-state index is -3.30. The predicted molar refractivity (Wildman–Crippen MR) is 257 cm³/mol. The Balaban J connectivity index is 1.29. The molecule has 1 saturated heterocycles. The van der Waals surface area contributed by atoms with Crippen molar-refractivity contribution in [3.8, 4) is 28.1 Å². The molecule has 1 aliphatic carbocycles. The number of amides is 3. The van der Waals surface area contributed by atoms with E-state index in [1.165, 1.54) is 9.91 Å². The van der Waals surface area contributed by atoms with Crippen molar-refractivity contribution in [3.05, 3.63) is 83.0 Å². The third-order valence-electron chi connectivity index (χ3n) is 13.5. The number of nitrogens with one attached hydrogen (secondary N) is 2. The number of ether oxygens (including phenoxy) is 2. The molecule has 7 rings (SSSR count). The molecule has 15 nitrogen and oxygen atoms in total. The number of pyridine rings is 1. The molecule has 0 unspecified atom stereocenters. The first-order valence-corrected chi connectivity index (χ1v) is 25.3. The van der Waals surface area contributed by atoms with Gasteiger partial charge in [-0.25, -0.2) is 13.8 Å². The Hall–Kier alpha value is -5.58. The SMILES string of the molecule is CCn1c(-c2cccnc2[C@H](C)OC)c2c3cc(ccc31)-c1cc(O)cc(c1)C[C@H](NC(=O)[C@H](C(C)C)N(C)C(=O)[C@H]1C[C@H](/C=C/S(C)(=O)=O)C1)C(=O)N1CCC[C@H](N1)C(=O)OCC(C)(C)C2. The molecule has 0 radical (unpaired) electrons. The summed E-state index contributed by atoms with van der Waals surface area (Å²) in [6.45, 7) is 12.9. The summed E-state index contributed by atoms with van der Waals surface area (Å²) in [5.41, 5.74) is 9.48. The fraction of sp³-hybridized carbons (Fsp3) is 0.510. The maximum atomic E-state index is 14.7. The van der Waals surface area contributed by atoms with Gasteiger partial charge >= 0.3 is 5.97 Å². The number of allylic oxidation sites excluding steroid dienone is 1. The predicted octanol–water partition coefficient (Wildman–Crippen LogP) is 6.52. The summed E-state index contributed by atoms with van der Waals surface area (Å²) in [5.74, 6) is -2.54. The van der Waals surface area contributed by atoms with E-state index in [0.29, 0.717) is 49.8 Å². The lowest BCUT2D eigenvalue weighted by atomic mass is 9.74. The maximum Gasteiger partial charge on any atom is 0.324 e. The van der Waals surface area contributed by atoms with Gasteiger partial charge < -0.3 is 29.4 Å². The van der Waals surface area contributed by atoms with Crippen molar-refractivity contribution < 1.29 is 42.2 Å². The van der Waals surface area contributed by atoms with Gasteiger partial charge in [-0.2, -0.15) is 0 Å². The molecule has 16 heteroatoms. The van der Waals surface area contributed by atoms with E-state index in [1.54, 1.807) is 38.6 Å². The average molecular weight is 939 g/mol. The Morgan fingerprint density at radius 1 is 1.10 bits per heavy atom. The van der Waals surface area contributed by atoms with Crippen LogP contribution in [-0.2, 0) is 57.9 Å². The number of rotatable bonds is 11. The van der Waals surface area contributed by atoms with Gasteiger partial charge in [-0.15, -0.1) is 0 Å². The standard InChI is InChI=1S/C51H66N6O9S/c1-10-56-43-16-15-34-27-39(43)40(46(56)38-13-11-18-52-44(38)31(4)65-8)28-51(5,6)29-66-50(62)41-14-12-19-57(54-41)49(61)42(25-33-23-35(34)26-37(58)24-33)53-47(59)45(30(2)3)55(7)48(60)36-21-32(22-36)17-20-67(9,63)64/h11,13,15-18,20,23-24,26-27,30-32,36,41-42,45,54,58H,10,12,14,19,21-22,25,28-29H2,1-9H3,(H,53,59)/b20-17+/t31-,32-,36-,41-,42-,45-/m0/s1. The quantitative estimate of drug-likeness (QED) is 0.139. The molecule has 2 fully saturated rings. The number of benzene rings is 2. The van der Waals surface area contributed by atoms with Crippen molar-refractivity contribution in [1.82, 2.24) is 30.2 Å². The summed E-state index contributed by atoms with van der Waals surface area (Å²) in [5, 5.41) is 17.8. The van der Waals surface area contributed by atoms with E-state index in [9.17, 15) is 32.7 Å². The number of aromatic hydroxyl groups is 1. The maximum absolute atomic E-state index is 14.7. The van der Waals surface area contributed by atoms with Gasteiger partial charge in [0.05, 0.1) is 24.1 Å². The number of carbonyl (C=O) groups is 4. The first-order chi connectivity index (χ1) is 31.7. The van der Waals surface area contributed by atoms with Crippen molar-refractivity contribution in [2.45, 2.75) is 111 Å². The van der Waals surface area contributed by atoms with Crippen LogP contribution in [0.2, 0.25) is 0 Å². The zero-order valence-corrected chi connectivity index (χ0v) is 41.0. The number of hydrazine groups is 1. The Kier molecular flexibility index (Phi) is 14.7. The summed E-state index contributed by atoms with van der Waals surface area (Å²) >= 11 is 0. The van der Waals surface area contributed by atoms with Gasteiger partial charge in [-0.3, -0.25) is 29.2 Å².